The Balaban J connectivity index is 2.78. The first kappa shape index (κ1) is 14.9. The fraction of sp³-hybridized carbons (Fsp3) is 0.154. The van der Waals surface area contributed by atoms with Gasteiger partial charge in [-0.05, 0) is 28.7 Å². The fourth-order valence-corrected chi connectivity index (χ4v) is 1.71. The number of halogens is 1. The number of amides is 2. The predicted octanol–water partition coefficient (Wildman–Crippen LogP) is 1.44. The molecule has 0 radical (unpaired) electrons. The van der Waals surface area contributed by atoms with E-state index in [0.717, 1.165) is 0 Å². The van der Waals surface area contributed by atoms with Crippen LogP contribution in [0.25, 0.3) is 0 Å². The van der Waals surface area contributed by atoms with Crippen LogP contribution in [0.5, 0.6) is 0 Å². The number of carbonyl (C=O) groups excluding carboxylic acids is 2. The molecule has 0 fully saturated rings. The maximum absolute atomic E-state index is 11.9. The summed E-state index contributed by atoms with van der Waals surface area (Å²) in [5.41, 5.74) is 6.01. The molecule has 1 aromatic rings. The molecule has 1 atom stereocenters. The number of carbonyl (C=O) groups is 2. The van der Waals surface area contributed by atoms with E-state index < -0.39 is 17.9 Å². The second-order valence-electron chi connectivity index (χ2n) is 3.84. The Morgan fingerprint density at radius 1 is 1.42 bits per heavy atom. The molecule has 0 aliphatic heterocycles. The summed E-state index contributed by atoms with van der Waals surface area (Å²) >= 11 is 3.12. The average molecular weight is 322 g/mol. The number of hydrogen-bond acceptors (Lipinski definition) is 3. The van der Waals surface area contributed by atoms with Crippen LogP contribution in [0.2, 0.25) is 0 Å². The van der Waals surface area contributed by atoms with Crippen LogP contribution in [-0.4, -0.2) is 17.9 Å². The highest BCUT2D eigenvalue weighted by molar-refractivity contribution is 9.11. The standard InChI is InChI=1S/C13H12BrN3O2/c1-8(14)6-11(12(16)18)17-13(19)10-4-2-9(7-15)3-5-10/h2-5,11H,1,6H2,(H2,16,18)(H,17,19)/t11-/m1/s1. The third kappa shape index (κ3) is 4.56. The third-order valence-electron chi connectivity index (χ3n) is 2.35. The van der Waals surface area contributed by atoms with E-state index >= 15 is 0 Å². The smallest absolute Gasteiger partial charge is 0.251 e. The topological polar surface area (TPSA) is 96.0 Å². The van der Waals surface area contributed by atoms with Crippen molar-refractivity contribution in [3.8, 4) is 6.07 Å². The van der Waals surface area contributed by atoms with Gasteiger partial charge < -0.3 is 11.1 Å². The Kier molecular flexibility index (Phi) is 5.27. The van der Waals surface area contributed by atoms with E-state index in [-0.39, 0.29) is 6.42 Å². The van der Waals surface area contributed by atoms with Crippen molar-refractivity contribution in [1.82, 2.24) is 5.32 Å². The average Bonchev–Trinajstić information content (AvgIpc) is 2.37. The van der Waals surface area contributed by atoms with E-state index in [9.17, 15) is 9.59 Å². The molecule has 0 aromatic heterocycles. The minimum atomic E-state index is -0.824. The molecule has 0 saturated heterocycles. The van der Waals surface area contributed by atoms with Crippen LogP contribution in [0, 0.1) is 11.3 Å². The van der Waals surface area contributed by atoms with Crippen LogP contribution in [0.1, 0.15) is 22.3 Å². The molecule has 0 bridgehead atoms. The summed E-state index contributed by atoms with van der Waals surface area (Å²) in [5.74, 6) is -1.07. The second-order valence-corrected chi connectivity index (χ2v) is 4.96. The lowest BCUT2D eigenvalue weighted by Gasteiger charge is -2.14. The fourth-order valence-electron chi connectivity index (χ4n) is 1.38. The minimum Gasteiger partial charge on any atom is -0.368 e. The molecule has 0 heterocycles. The number of nitrogens with zero attached hydrogens (tertiary/aromatic N) is 1. The highest BCUT2D eigenvalue weighted by Gasteiger charge is 2.19. The Hall–Kier alpha value is -2.13. The van der Waals surface area contributed by atoms with Gasteiger partial charge in [0.05, 0.1) is 11.6 Å². The maximum Gasteiger partial charge on any atom is 0.251 e. The van der Waals surface area contributed by atoms with Crippen molar-refractivity contribution in [2.24, 2.45) is 5.73 Å². The van der Waals surface area contributed by atoms with E-state index in [4.69, 9.17) is 11.0 Å². The summed E-state index contributed by atoms with van der Waals surface area (Å²) in [6.07, 6.45) is 0.220. The zero-order chi connectivity index (χ0) is 14.4. The minimum absolute atomic E-state index is 0.220. The Morgan fingerprint density at radius 3 is 2.42 bits per heavy atom. The van der Waals surface area contributed by atoms with E-state index in [1.54, 1.807) is 0 Å². The van der Waals surface area contributed by atoms with Gasteiger partial charge in [0.25, 0.3) is 5.91 Å². The first-order chi connectivity index (χ1) is 8.93. The van der Waals surface area contributed by atoms with Crippen LogP contribution in [0.3, 0.4) is 0 Å². The molecular weight excluding hydrogens is 310 g/mol. The quantitative estimate of drug-likeness (QED) is 0.858. The Bertz CT molecular complexity index is 546. The molecule has 0 spiro atoms. The van der Waals surface area contributed by atoms with E-state index in [1.807, 2.05) is 6.07 Å². The van der Waals surface area contributed by atoms with Crippen LogP contribution in [0.15, 0.2) is 35.3 Å². The molecule has 0 saturated carbocycles. The molecule has 0 aliphatic rings. The molecule has 0 aliphatic carbocycles. The van der Waals surface area contributed by atoms with Crippen molar-refractivity contribution in [3.63, 3.8) is 0 Å². The van der Waals surface area contributed by atoms with Crippen molar-refractivity contribution >= 4 is 27.7 Å². The first-order valence-corrected chi connectivity index (χ1v) is 6.17. The first-order valence-electron chi connectivity index (χ1n) is 5.37. The summed E-state index contributed by atoms with van der Waals surface area (Å²) in [6.45, 7) is 3.60. The van der Waals surface area contributed by atoms with Gasteiger partial charge in [0.15, 0.2) is 0 Å². The van der Waals surface area contributed by atoms with Gasteiger partial charge in [-0.15, -0.1) is 0 Å². The van der Waals surface area contributed by atoms with Crippen molar-refractivity contribution in [2.45, 2.75) is 12.5 Å². The van der Waals surface area contributed by atoms with Crippen LogP contribution < -0.4 is 11.1 Å². The normalized spacial score (nSPS) is 11.2. The zero-order valence-electron chi connectivity index (χ0n) is 10.0. The molecule has 6 heteroatoms. The van der Waals surface area contributed by atoms with Gasteiger partial charge in [-0.2, -0.15) is 5.26 Å². The van der Waals surface area contributed by atoms with Crippen LogP contribution in [-0.2, 0) is 4.79 Å². The molecule has 2 amide bonds. The summed E-state index contributed by atoms with van der Waals surface area (Å²) in [4.78, 5) is 23.1. The molecule has 1 aromatic carbocycles. The van der Waals surface area contributed by atoms with Crippen molar-refractivity contribution < 1.29 is 9.59 Å². The number of nitrogens with one attached hydrogen (secondary N) is 1. The van der Waals surface area contributed by atoms with E-state index in [1.165, 1.54) is 24.3 Å². The molecule has 1 rings (SSSR count). The van der Waals surface area contributed by atoms with Gasteiger partial charge >= 0.3 is 0 Å². The van der Waals surface area contributed by atoms with Crippen LogP contribution >= 0.6 is 15.9 Å². The monoisotopic (exact) mass is 321 g/mol. The number of nitriles is 1. The van der Waals surface area contributed by atoms with Crippen molar-refractivity contribution in [2.75, 3.05) is 0 Å². The summed E-state index contributed by atoms with van der Waals surface area (Å²) in [7, 11) is 0. The lowest BCUT2D eigenvalue weighted by molar-refractivity contribution is -0.119. The lowest BCUT2D eigenvalue weighted by Crippen LogP contribution is -2.44. The van der Waals surface area contributed by atoms with Crippen LogP contribution in [0.4, 0.5) is 0 Å². The van der Waals surface area contributed by atoms with Gasteiger partial charge in [0.1, 0.15) is 6.04 Å². The molecule has 0 unspecified atom stereocenters. The van der Waals surface area contributed by atoms with Gasteiger partial charge in [-0.3, -0.25) is 9.59 Å². The van der Waals surface area contributed by atoms with E-state index in [2.05, 4.69) is 27.8 Å². The van der Waals surface area contributed by atoms with Gasteiger partial charge in [0, 0.05) is 12.0 Å². The maximum atomic E-state index is 11.9. The number of rotatable bonds is 5. The van der Waals surface area contributed by atoms with Crippen molar-refractivity contribution in [1.29, 1.82) is 5.26 Å². The Labute approximate surface area is 119 Å². The van der Waals surface area contributed by atoms with Gasteiger partial charge in [0.2, 0.25) is 5.91 Å². The summed E-state index contributed by atoms with van der Waals surface area (Å²) in [5, 5.41) is 11.2. The number of benzene rings is 1. The third-order valence-corrected chi connectivity index (χ3v) is 2.67. The predicted molar refractivity (Wildman–Crippen MR) is 74.3 cm³/mol. The number of primary amides is 1. The van der Waals surface area contributed by atoms with Gasteiger partial charge in [-0.1, -0.05) is 22.5 Å². The zero-order valence-corrected chi connectivity index (χ0v) is 11.6. The SMILES string of the molecule is C=C(Br)C[C@@H](NC(=O)c1ccc(C#N)cc1)C(N)=O. The van der Waals surface area contributed by atoms with Gasteiger partial charge in [-0.25, -0.2) is 0 Å². The summed E-state index contributed by atoms with van der Waals surface area (Å²) < 4.78 is 0.566. The Morgan fingerprint density at radius 2 is 2.00 bits per heavy atom. The molecule has 3 N–H and O–H groups in total. The van der Waals surface area contributed by atoms with Crippen molar-refractivity contribution in [3.05, 3.63) is 46.5 Å². The summed E-state index contributed by atoms with van der Waals surface area (Å²) in [6, 6.07) is 7.20. The number of nitrogens with two attached hydrogens (primary N) is 1. The van der Waals surface area contributed by atoms with E-state index in [0.29, 0.717) is 15.6 Å². The molecule has 19 heavy (non-hydrogen) atoms. The molecule has 5 nitrogen and oxygen atoms in total. The second kappa shape index (κ2) is 6.71. The lowest BCUT2D eigenvalue weighted by atomic mass is 10.1. The number of hydrogen-bond donors (Lipinski definition) is 2. The molecular formula is C13H12BrN3O2. The highest BCUT2D eigenvalue weighted by atomic mass is 79.9. The largest absolute Gasteiger partial charge is 0.368 e. The highest BCUT2D eigenvalue weighted by Crippen LogP contribution is 2.11. The molecule has 98 valence electrons.